The van der Waals surface area contributed by atoms with Gasteiger partial charge < -0.3 is 14.1 Å². The predicted molar refractivity (Wildman–Crippen MR) is 103 cm³/mol. The van der Waals surface area contributed by atoms with Gasteiger partial charge in [-0.25, -0.2) is 9.78 Å². The standard InChI is InChI=1S/C21H25N3O5/c1-4-21(2,3)18(25)19(26)24-10-6-8-15(24)17-16(23-13-29-17)20(27)28-12-14-7-5-9-22-11-14/h5,7,9,11,13,15H,4,6,8,10,12H2,1-3H3. The van der Waals surface area contributed by atoms with Gasteiger partial charge in [0.15, 0.2) is 17.8 Å². The first-order valence-corrected chi connectivity index (χ1v) is 9.70. The molecule has 0 N–H and O–H groups in total. The summed E-state index contributed by atoms with van der Waals surface area (Å²) < 4.78 is 10.8. The average molecular weight is 399 g/mol. The maximum atomic E-state index is 12.8. The summed E-state index contributed by atoms with van der Waals surface area (Å²) >= 11 is 0. The van der Waals surface area contributed by atoms with Crippen LogP contribution in [0.4, 0.5) is 0 Å². The maximum Gasteiger partial charge on any atom is 0.361 e. The Bertz CT molecular complexity index is 891. The highest BCUT2D eigenvalue weighted by molar-refractivity contribution is 6.38. The number of carbonyl (C=O) groups is 3. The zero-order valence-electron chi connectivity index (χ0n) is 16.9. The third-order valence-corrected chi connectivity index (χ3v) is 5.39. The number of amides is 1. The normalized spacial score (nSPS) is 16.7. The Labute approximate surface area is 169 Å². The monoisotopic (exact) mass is 399 g/mol. The van der Waals surface area contributed by atoms with Crippen molar-refractivity contribution < 1.29 is 23.5 Å². The van der Waals surface area contributed by atoms with Crippen molar-refractivity contribution in [1.29, 1.82) is 0 Å². The lowest BCUT2D eigenvalue weighted by Gasteiger charge is -2.27. The van der Waals surface area contributed by atoms with Gasteiger partial charge in [-0.2, -0.15) is 0 Å². The number of rotatable bonds is 7. The molecule has 0 saturated carbocycles. The van der Waals surface area contributed by atoms with E-state index in [2.05, 4.69) is 9.97 Å². The third-order valence-electron chi connectivity index (χ3n) is 5.39. The highest BCUT2D eigenvalue weighted by atomic mass is 16.5. The van der Waals surface area contributed by atoms with Gasteiger partial charge in [-0.05, 0) is 25.3 Å². The molecule has 3 heterocycles. The summed E-state index contributed by atoms with van der Waals surface area (Å²) in [6.07, 6.45) is 6.26. The van der Waals surface area contributed by atoms with E-state index in [1.807, 2.05) is 6.92 Å². The summed E-state index contributed by atoms with van der Waals surface area (Å²) in [7, 11) is 0. The fourth-order valence-electron chi connectivity index (χ4n) is 3.21. The zero-order chi connectivity index (χ0) is 21.0. The largest absolute Gasteiger partial charge is 0.456 e. The smallest absolute Gasteiger partial charge is 0.361 e. The molecule has 0 spiro atoms. The van der Waals surface area contributed by atoms with E-state index in [9.17, 15) is 14.4 Å². The molecule has 1 amide bonds. The van der Waals surface area contributed by atoms with Crippen LogP contribution in [0.15, 0.2) is 35.3 Å². The van der Waals surface area contributed by atoms with Crippen molar-refractivity contribution in [2.24, 2.45) is 5.41 Å². The Morgan fingerprint density at radius 1 is 1.34 bits per heavy atom. The second-order valence-electron chi connectivity index (χ2n) is 7.73. The van der Waals surface area contributed by atoms with E-state index in [0.29, 0.717) is 25.8 Å². The molecule has 1 saturated heterocycles. The number of pyridine rings is 1. The van der Waals surface area contributed by atoms with E-state index >= 15 is 0 Å². The van der Waals surface area contributed by atoms with Crippen LogP contribution in [0.1, 0.15) is 67.9 Å². The second kappa shape index (κ2) is 8.55. The molecule has 29 heavy (non-hydrogen) atoms. The fourth-order valence-corrected chi connectivity index (χ4v) is 3.21. The number of hydrogen-bond donors (Lipinski definition) is 0. The number of Topliss-reactive ketones (excluding diaryl/α,β-unsaturated/α-hetero) is 1. The number of aromatic nitrogens is 2. The molecular formula is C21H25N3O5. The quantitative estimate of drug-likeness (QED) is 0.521. The van der Waals surface area contributed by atoms with Gasteiger partial charge in [-0.3, -0.25) is 14.6 Å². The molecule has 1 aliphatic heterocycles. The number of nitrogens with zero attached hydrogens (tertiary/aromatic N) is 3. The van der Waals surface area contributed by atoms with Crippen molar-refractivity contribution in [3.8, 4) is 0 Å². The Balaban J connectivity index is 1.75. The molecule has 2 aromatic heterocycles. The highest BCUT2D eigenvalue weighted by Crippen LogP contribution is 2.35. The summed E-state index contributed by atoms with van der Waals surface area (Å²) in [6.45, 7) is 5.87. The van der Waals surface area contributed by atoms with Gasteiger partial charge in [0.2, 0.25) is 5.78 Å². The van der Waals surface area contributed by atoms with Crippen LogP contribution >= 0.6 is 0 Å². The van der Waals surface area contributed by atoms with Crippen LogP contribution in [-0.4, -0.2) is 39.1 Å². The molecule has 0 aromatic carbocycles. The lowest BCUT2D eigenvalue weighted by Crippen LogP contribution is -2.42. The van der Waals surface area contributed by atoms with Gasteiger partial charge in [0.05, 0.1) is 6.04 Å². The van der Waals surface area contributed by atoms with Crippen LogP contribution in [0.3, 0.4) is 0 Å². The molecule has 0 bridgehead atoms. The van der Waals surface area contributed by atoms with E-state index in [4.69, 9.17) is 9.15 Å². The Morgan fingerprint density at radius 2 is 2.14 bits per heavy atom. The van der Waals surface area contributed by atoms with Crippen LogP contribution in [0.5, 0.6) is 0 Å². The van der Waals surface area contributed by atoms with E-state index in [1.165, 1.54) is 4.90 Å². The highest BCUT2D eigenvalue weighted by Gasteiger charge is 2.41. The van der Waals surface area contributed by atoms with Crippen molar-refractivity contribution in [3.63, 3.8) is 0 Å². The number of oxazole rings is 1. The number of esters is 1. The van der Waals surface area contributed by atoms with Crippen molar-refractivity contribution in [2.45, 2.75) is 52.7 Å². The van der Waals surface area contributed by atoms with Gasteiger partial charge in [0, 0.05) is 29.9 Å². The van der Waals surface area contributed by atoms with Gasteiger partial charge in [-0.15, -0.1) is 0 Å². The summed E-state index contributed by atoms with van der Waals surface area (Å²) in [4.78, 5) is 47.5. The molecule has 3 rings (SSSR count). The molecule has 154 valence electrons. The van der Waals surface area contributed by atoms with E-state index < -0.39 is 29.1 Å². The first kappa shape index (κ1) is 20.7. The lowest BCUT2D eigenvalue weighted by molar-refractivity contribution is -0.150. The molecular weight excluding hydrogens is 374 g/mol. The summed E-state index contributed by atoms with van der Waals surface area (Å²) in [5, 5.41) is 0. The molecule has 1 aliphatic rings. The summed E-state index contributed by atoms with van der Waals surface area (Å²) in [6, 6.07) is 3.03. The molecule has 2 aromatic rings. The first-order valence-electron chi connectivity index (χ1n) is 9.70. The van der Waals surface area contributed by atoms with Crippen molar-refractivity contribution >= 4 is 17.7 Å². The van der Waals surface area contributed by atoms with Crippen LogP contribution in [0, 0.1) is 5.41 Å². The molecule has 1 unspecified atom stereocenters. The van der Waals surface area contributed by atoms with Gasteiger partial charge in [0.1, 0.15) is 6.61 Å². The minimum atomic E-state index is -0.739. The van der Waals surface area contributed by atoms with Crippen molar-refractivity contribution in [2.75, 3.05) is 6.54 Å². The summed E-state index contributed by atoms with van der Waals surface area (Å²) in [5.41, 5.74) is 0.0358. The van der Waals surface area contributed by atoms with Gasteiger partial charge in [-0.1, -0.05) is 26.8 Å². The number of likely N-dealkylation sites (tertiary alicyclic amines) is 1. The van der Waals surface area contributed by atoms with Gasteiger partial charge >= 0.3 is 5.97 Å². The van der Waals surface area contributed by atoms with Crippen LogP contribution in [0.25, 0.3) is 0 Å². The molecule has 8 heteroatoms. The average Bonchev–Trinajstić information content (AvgIpc) is 3.40. The van der Waals surface area contributed by atoms with Crippen molar-refractivity contribution in [3.05, 3.63) is 47.9 Å². The van der Waals surface area contributed by atoms with E-state index in [1.54, 1.807) is 38.4 Å². The minimum absolute atomic E-state index is 0.0285. The van der Waals surface area contributed by atoms with E-state index in [0.717, 1.165) is 12.0 Å². The third kappa shape index (κ3) is 4.36. The zero-order valence-corrected chi connectivity index (χ0v) is 16.9. The maximum absolute atomic E-state index is 12.8. The van der Waals surface area contributed by atoms with Crippen molar-refractivity contribution in [1.82, 2.24) is 14.9 Å². The minimum Gasteiger partial charge on any atom is -0.456 e. The summed E-state index contributed by atoms with van der Waals surface area (Å²) in [5.74, 6) is -1.37. The predicted octanol–water partition coefficient (Wildman–Crippen LogP) is 3.10. The fraction of sp³-hybridized carbons (Fsp3) is 0.476. The second-order valence-corrected chi connectivity index (χ2v) is 7.73. The topological polar surface area (TPSA) is 103 Å². The number of ketones is 1. The van der Waals surface area contributed by atoms with Crippen LogP contribution in [-0.2, 0) is 20.9 Å². The molecule has 1 atom stereocenters. The van der Waals surface area contributed by atoms with Gasteiger partial charge in [0.25, 0.3) is 5.91 Å². The number of hydrogen-bond acceptors (Lipinski definition) is 7. The molecule has 8 nitrogen and oxygen atoms in total. The Kier molecular flexibility index (Phi) is 6.10. The lowest BCUT2D eigenvalue weighted by atomic mass is 9.84. The first-order chi connectivity index (χ1) is 13.8. The van der Waals surface area contributed by atoms with Crippen LogP contribution < -0.4 is 0 Å². The van der Waals surface area contributed by atoms with E-state index in [-0.39, 0.29) is 18.1 Å². The Morgan fingerprint density at radius 3 is 2.83 bits per heavy atom. The SMILES string of the molecule is CCC(C)(C)C(=O)C(=O)N1CCCC1c1ocnc1C(=O)OCc1cccnc1. The molecule has 1 fully saturated rings. The molecule has 0 aliphatic carbocycles. The van der Waals surface area contributed by atoms with Crippen LogP contribution in [0.2, 0.25) is 0 Å². The molecule has 0 radical (unpaired) electrons. The number of ether oxygens (including phenoxy) is 1. The number of carbonyl (C=O) groups excluding carboxylic acids is 3. The Hall–Kier alpha value is -3.03.